The topological polar surface area (TPSA) is 171 Å². The lowest BCUT2D eigenvalue weighted by Gasteiger charge is -2.34. The van der Waals surface area contributed by atoms with Crippen LogP contribution in [0.1, 0.15) is 69.2 Å². The Morgan fingerprint density at radius 1 is 1.13 bits per heavy atom. The summed E-state index contributed by atoms with van der Waals surface area (Å²) in [6.45, 7) is 6.41. The van der Waals surface area contributed by atoms with E-state index in [9.17, 15) is 29.3 Å². The number of hydrogen-bond acceptors (Lipinski definition) is 10. The third kappa shape index (κ3) is 10.7. The summed E-state index contributed by atoms with van der Waals surface area (Å²) in [7, 11) is 0. The number of aliphatic hydroxyl groups excluding tert-OH is 2. The Morgan fingerprint density at radius 2 is 1.87 bits per heavy atom. The number of morpholine rings is 1. The minimum absolute atomic E-state index is 0.0403. The van der Waals surface area contributed by atoms with Crippen LogP contribution in [-0.2, 0) is 20.8 Å². The summed E-state index contributed by atoms with van der Waals surface area (Å²) in [5, 5.41) is 45.2. The highest BCUT2D eigenvalue weighted by Gasteiger charge is 2.36. The van der Waals surface area contributed by atoms with Crippen molar-refractivity contribution in [1.29, 1.82) is 0 Å². The van der Waals surface area contributed by atoms with Crippen LogP contribution in [0, 0.1) is 5.92 Å². The summed E-state index contributed by atoms with van der Waals surface area (Å²) in [6.07, 6.45) is 1.49. The van der Waals surface area contributed by atoms with Gasteiger partial charge in [0.05, 0.1) is 50.8 Å². The summed E-state index contributed by atoms with van der Waals surface area (Å²) < 4.78 is 25.6. The number of rotatable bonds is 16. The first-order valence-corrected chi connectivity index (χ1v) is 16.9. The summed E-state index contributed by atoms with van der Waals surface area (Å²) in [6, 6.07) is 6.05. The summed E-state index contributed by atoms with van der Waals surface area (Å²) in [5.41, 5.74) is 1.97. The van der Waals surface area contributed by atoms with Crippen LogP contribution in [0.2, 0.25) is 0 Å². The number of unbranched alkanes of at least 4 members (excludes halogenated alkanes) is 1. The first kappa shape index (κ1) is 36.8. The second-order valence-electron chi connectivity index (χ2n) is 12.6. The van der Waals surface area contributed by atoms with Gasteiger partial charge in [0.15, 0.2) is 6.29 Å². The quantitative estimate of drug-likeness (QED) is 0.132. The molecule has 47 heavy (non-hydrogen) atoms. The van der Waals surface area contributed by atoms with Crippen LogP contribution in [0.15, 0.2) is 30.5 Å². The van der Waals surface area contributed by atoms with Gasteiger partial charge in [-0.05, 0) is 63.6 Å². The van der Waals surface area contributed by atoms with E-state index in [2.05, 4.69) is 20.9 Å². The van der Waals surface area contributed by atoms with Crippen molar-refractivity contribution in [3.63, 3.8) is 0 Å². The molecule has 262 valence electrons. The monoisotopic (exact) mass is 662 g/mol. The van der Waals surface area contributed by atoms with Crippen molar-refractivity contribution in [3.8, 4) is 11.3 Å². The molecule has 4 rings (SSSR count). The largest absolute Gasteiger partial charge is 0.385 e. The maximum absolute atomic E-state index is 13.3. The van der Waals surface area contributed by atoms with Gasteiger partial charge in [-0.1, -0.05) is 37.1 Å². The number of nitrogens with zero attached hydrogens (tertiary/aromatic N) is 4. The predicted octanol–water partition coefficient (Wildman–Crippen LogP) is 1.66. The number of aromatic nitrogens is 3. The van der Waals surface area contributed by atoms with E-state index in [4.69, 9.17) is 9.47 Å². The van der Waals surface area contributed by atoms with E-state index in [0.717, 1.165) is 31.2 Å². The standard InChI is InChI=1S/C33H51FN6O7/c1-3-26(36-31(42)27-12-7-23(13-15-35-27)6-4-5-14-34)30(29(41)33(44)45)47-22(2)20-40-21-28(37-38-40)24-8-10-25(11-9-24)32(43)39-16-18-46-19-17-39/h8-11,21-23,26-27,29-30,33,35,41,44-45H,3-7,12-20H2,1-2H3,(H,36,42). The zero-order chi connectivity index (χ0) is 33.8. The minimum atomic E-state index is -2.07. The fraction of sp³-hybridized carbons (Fsp3) is 0.697. The number of amides is 2. The van der Waals surface area contributed by atoms with Crippen LogP contribution in [0.5, 0.6) is 0 Å². The molecule has 2 aliphatic heterocycles. The highest BCUT2D eigenvalue weighted by atomic mass is 19.1. The fourth-order valence-electron chi connectivity index (χ4n) is 6.26. The normalized spacial score (nSPS) is 21.6. The highest BCUT2D eigenvalue weighted by Crippen LogP contribution is 2.23. The summed E-state index contributed by atoms with van der Waals surface area (Å²) >= 11 is 0. The van der Waals surface area contributed by atoms with E-state index in [1.165, 1.54) is 0 Å². The summed E-state index contributed by atoms with van der Waals surface area (Å²) in [4.78, 5) is 27.8. The van der Waals surface area contributed by atoms with Gasteiger partial charge in [-0.3, -0.25) is 14.0 Å². The Hall–Kier alpha value is -3.01. The molecule has 2 aliphatic rings. The number of carbonyl (C=O) groups is 2. The van der Waals surface area contributed by atoms with Crippen molar-refractivity contribution < 1.29 is 38.8 Å². The number of halogens is 1. The average Bonchev–Trinajstić information content (AvgIpc) is 3.41. The highest BCUT2D eigenvalue weighted by molar-refractivity contribution is 5.94. The van der Waals surface area contributed by atoms with Crippen molar-refractivity contribution in [2.75, 3.05) is 39.5 Å². The van der Waals surface area contributed by atoms with Gasteiger partial charge in [-0.2, -0.15) is 0 Å². The molecular formula is C33H51FN6O7. The van der Waals surface area contributed by atoms with Crippen LogP contribution in [0.3, 0.4) is 0 Å². The second kappa shape index (κ2) is 18.5. The van der Waals surface area contributed by atoms with Crippen LogP contribution < -0.4 is 10.6 Å². The molecule has 1 aromatic carbocycles. The smallest absolute Gasteiger partial charge is 0.254 e. The molecule has 5 N–H and O–H groups in total. The number of hydrogen-bond donors (Lipinski definition) is 5. The van der Waals surface area contributed by atoms with Gasteiger partial charge < -0.3 is 40.3 Å². The van der Waals surface area contributed by atoms with Gasteiger partial charge in [0.2, 0.25) is 5.91 Å². The molecule has 2 fully saturated rings. The van der Waals surface area contributed by atoms with Crippen molar-refractivity contribution in [1.82, 2.24) is 30.5 Å². The number of benzene rings is 1. The van der Waals surface area contributed by atoms with Gasteiger partial charge >= 0.3 is 0 Å². The van der Waals surface area contributed by atoms with Gasteiger partial charge in [0.25, 0.3) is 5.91 Å². The Balaban J connectivity index is 1.34. The maximum Gasteiger partial charge on any atom is 0.254 e. The molecule has 0 saturated carbocycles. The maximum atomic E-state index is 13.3. The van der Waals surface area contributed by atoms with E-state index in [0.29, 0.717) is 69.3 Å². The molecule has 2 saturated heterocycles. The van der Waals surface area contributed by atoms with E-state index >= 15 is 0 Å². The first-order valence-electron chi connectivity index (χ1n) is 16.9. The average molecular weight is 663 g/mol. The number of alkyl halides is 1. The van der Waals surface area contributed by atoms with Crippen molar-refractivity contribution in [2.24, 2.45) is 5.92 Å². The third-order valence-corrected chi connectivity index (χ3v) is 9.02. The fourth-order valence-corrected chi connectivity index (χ4v) is 6.26. The first-order chi connectivity index (χ1) is 22.7. The molecule has 1 aromatic heterocycles. The minimum Gasteiger partial charge on any atom is -0.385 e. The van der Waals surface area contributed by atoms with Gasteiger partial charge in [-0.15, -0.1) is 5.10 Å². The second-order valence-corrected chi connectivity index (χ2v) is 12.6. The van der Waals surface area contributed by atoms with Gasteiger partial charge in [0, 0.05) is 24.2 Å². The Bertz CT molecular complexity index is 1240. The van der Waals surface area contributed by atoms with Crippen molar-refractivity contribution in [3.05, 3.63) is 36.0 Å². The van der Waals surface area contributed by atoms with Gasteiger partial charge in [0.1, 0.15) is 17.9 Å². The van der Waals surface area contributed by atoms with Crippen LogP contribution in [-0.4, -0.2) is 123 Å². The van der Waals surface area contributed by atoms with Crippen molar-refractivity contribution in [2.45, 2.75) is 102 Å². The van der Waals surface area contributed by atoms with Crippen LogP contribution in [0.4, 0.5) is 4.39 Å². The molecule has 0 aliphatic carbocycles. The van der Waals surface area contributed by atoms with E-state index < -0.39 is 36.7 Å². The number of nitrogens with one attached hydrogen (secondary N) is 2. The molecule has 0 radical (unpaired) electrons. The lowest BCUT2D eigenvalue weighted by molar-refractivity contribution is -0.188. The SMILES string of the molecule is CCC(NC(=O)C1CCC(CCCCF)CCN1)C(OC(C)Cn1cc(-c2ccc(C(=O)N3CCOCC3)cc2)nn1)C(O)C(O)O. The summed E-state index contributed by atoms with van der Waals surface area (Å²) in [5.74, 6) is 0.167. The number of ether oxygens (including phenoxy) is 2. The molecule has 14 heteroatoms. The van der Waals surface area contributed by atoms with E-state index in [1.807, 2.05) is 19.1 Å². The predicted molar refractivity (Wildman–Crippen MR) is 172 cm³/mol. The van der Waals surface area contributed by atoms with Crippen LogP contribution in [0.25, 0.3) is 11.3 Å². The Labute approximate surface area is 275 Å². The molecular weight excluding hydrogens is 611 g/mol. The zero-order valence-corrected chi connectivity index (χ0v) is 27.5. The number of aliphatic hydroxyl groups is 3. The van der Waals surface area contributed by atoms with Gasteiger partial charge in [-0.25, -0.2) is 4.68 Å². The number of carbonyl (C=O) groups excluding carboxylic acids is 2. The van der Waals surface area contributed by atoms with E-state index in [-0.39, 0.29) is 25.0 Å². The lowest BCUT2D eigenvalue weighted by atomic mass is 9.93. The molecule has 6 unspecified atom stereocenters. The van der Waals surface area contributed by atoms with Crippen LogP contribution >= 0.6 is 0 Å². The molecule has 0 spiro atoms. The molecule has 2 amide bonds. The Morgan fingerprint density at radius 3 is 2.55 bits per heavy atom. The molecule has 0 bridgehead atoms. The third-order valence-electron chi connectivity index (χ3n) is 9.02. The molecule has 13 nitrogen and oxygen atoms in total. The van der Waals surface area contributed by atoms with Crippen molar-refractivity contribution >= 4 is 11.8 Å². The molecule has 3 heterocycles. The Kier molecular flexibility index (Phi) is 14.5. The molecule has 2 aromatic rings. The van der Waals surface area contributed by atoms with E-state index in [1.54, 1.807) is 34.8 Å². The molecule has 6 atom stereocenters. The zero-order valence-electron chi connectivity index (χ0n) is 27.5. The lowest BCUT2D eigenvalue weighted by Crippen LogP contribution is -2.57.